The second kappa shape index (κ2) is 4.05. The van der Waals surface area contributed by atoms with E-state index in [9.17, 15) is 9.59 Å². The maximum Gasteiger partial charge on any atom is 0.325 e. The minimum absolute atomic E-state index is 0.0705. The summed E-state index contributed by atoms with van der Waals surface area (Å²) in [4.78, 5) is 25.2. The monoisotopic (exact) mass is 225 g/mol. The second-order valence-electron chi connectivity index (χ2n) is 4.80. The smallest absolute Gasteiger partial charge is 0.325 e. The summed E-state index contributed by atoms with van der Waals surface area (Å²) >= 11 is 0. The van der Waals surface area contributed by atoms with Crippen molar-refractivity contribution in [3.05, 3.63) is 0 Å². The molecule has 1 saturated heterocycles. The van der Waals surface area contributed by atoms with E-state index < -0.39 is 5.54 Å². The average molecular weight is 225 g/mol. The highest BCUT2D eigenvalue weighted by molar-refractivity contribution is 6.07. The summed E-state index contributed by atoms with van der Waals surface area (Å²) in [6.45, 7) is 2.29. The minimum Gasteiger partial charge on any atom is -0.326 e. The molecule has 1 unspecified atom stereocenters. The van der Waals surface area contributed by atoms with Crippen LogP contribution in [0.4, 0.5) is 4.79 Å². The molecule has 1 aliphatic carbocycles. The Balaban J connectivity index is 2.10. The van der Waals surface area contributed by atoms with Gasteiger partial charge in [0, 0.05) is 12.6 Å². The van der Waals surface area contributed by atoms with Gasteiger partial charge in [-0.15, -0.1) is 0 Å². The molecule has 2 fully saturated rings. The van der Waals surface area contributed by atoms with Gasteiger partial charge in [0.1, 0.15) is 5.54 Å². The van der Waals surface area contributed by atoms with E-state index in [1.54, 1.807) is 0 Å². The number of hydrogen-bond acceptors (Lipinski definition) is 3. The fourth-order valence-corrected chi connectivity index (χ4v) is 2.52. The van der Waals surface area contributed by atoms with E-state index in [1.807, 2.05) is 6.92 Å². The Kier molecular flexibility index (Phi) is 2.88. The molecular weight excluding hydrogens is 206 g/mol. The van der Waals surface area contributed by atoms with E-state index in [1.165, 1.54) is 4.90 Å². The number of rotatable bonds is 3. The van der Waals surface area contributed by atoms with Crippen LogP contribution < -0.4 is 11.1 Å². The van der Waals surface area contributed by atoms with Crippen LogP contribution in [0, 0.1) is 0 Å². The lowest BCUT2D eigenvalue weighted by atomic mass is 9.98. The van der Waals surface area contributed by atoms with Crippen molar-refractivity contribution in [3.8, 4) is 0 Å². The largest absolute Gasteiger partial charge is 0.326 e. The summed E-state index contributed by atoms with van der Waals surface area (Å²) < 4.78 is 0. The van der Waals surface area contributed by atoms with Gasteiger partial charge in [-0.2, -0.15) is 0 Å². The van der Waals surface area contributed by atoms with Gasteiger partial charge < -0.3 is 11.1 Å². The Morgan fingerprint density at radius 3 is 2.62 bits per heavy atom. The molecule has 3 N–H and O–H groups in total. The molecule has 3 amide bonds. The van der Waals surface area contributed by atoms with Gasteiger partial charge in [-0.3, -0.25) is 9.69 Å². The number of nitrogens with two attached hydrogens (primary N) is 1. The quantitative estimate of drug-likeness (QED) is 0.690. The predicted octanol–water partition coefficient (Wildman–Crippen LogP) is 0.588. The zero-order valence-electron chi connectivity index (χ0n) is 9.66. The van der Waals surface area contributed by atoms with Gasteiger partial charge in [-0.1, -0.05) is 19.8 Å². The van der Waals surface area contributed by atoms with Gasteiger partial charge in [0.25, 0.3) is 5.91 Å². The fraction of sp³-hybridized carbons (Fsp3) is 0.818. The zero-order chi connectivity index (χ0) is 11.8. The third-order valence-electron chi connectivity index (χ3n) is 3.64. The molecule has 1 heterocycles. The number of urea groups is 1. The molecule has 1 atom stereocenters. The first-order valence-electron chi connectivity index (χ1n) is 5.99. The molecule has 0 aromatic heterocycles. The molecule has 1 aliphatic heterocycles. The number of hydrogen-bond donors (Lipinski definition) is 2. The van der Waals surface area contributed by atoms with Crippen molar-refractivity contribution in [2.75, 3.05) is 6.54 Å². The normalized spacial score (nSPS) is 25.2. The number of carbonyl (C=O) groups excluding carboxylic acids is 2. The number of nitrogens with zero attached hydrogens (tertiary/aromatic N) is 1. The van der Waals surface area contributed by atoms with E-state index in [2.05, 4.69) is 5.32 Å². The van der Waals surface area contributed by atoms with Crippen LogP contribution in [0.3, 0.4) is 0 Å². The van der Waals surface area contributed by atoms with Crippen molar-refractivity contribution in [2.24, 2.45) is 5.73 Å². The predicted molar refractivity (Wildman–Crippen MR) is 59.7 cm³/mol. The van der Waals surface area contributed by atoms with E-state index in [0.29, 0.717) is 6.54 Å². The van der Waals surface area contributed by atoms with Gasteiger partial charge in [-0.05, 0) is 19.3 Å². The molecule has 0 radical (unpaired) electrons. The molecule has 0 aromatic carbocycles. The number of carbonyl (C=O) groups is 2. The van der Waals surface area contributed by atoms with Crippen molar-refractivity contribution in [3.63, 3.8) is 0 Å². The second-order valence-corrected chi connectivity index (χ2v) is 4.80. The van der Waals surface area contributed by atoms with Crippen molar-refractivity contribution < 1.29 is 9.59 Å². The third-order valence-corrected chi connectivity index (χ3v) is 3.64. The molecular formula is C11H19N3O2. The van der Waals surface area contributed by atoms with Crippen molar-refractivity contribution >= 4 is 11.9 Å². The molecule has 2 aliphatic rings. The molecule has 90 valence electrons. The van der Waals surface area contributed by atoms with Gasteiger partial charge in [0.15, 0.2) is 0 Å². The van der Waals surface area contributed by atoms with E-state index in [-0.39, 0.29) is 18.0 Å². The third kappa shape index (κ3) is 1.69. The van der Waals surface area contributed by atoms with Crippen LogP contribution in [-0.4, -0.2) is 35.0 Å². The van der Waals surface area contributed by atoms with E-state index in [0.717, 1.165) is 32.1 Å². The van der Waals surface area contributed by atoms with Crippen LogP contribution in [0.25, 0.3) is 0 Å². The van der Waals surface area contributed by atoms with Gasteiger partial charge in [-0.25, -0.2) is 4.79 Å². The van der Waals surface area contributed by atoms with Crippen LogP contribution in [0.15, 0.2) is 0 Å². The first kappa shape index (κ1) is 11.4. The lowest BCUT2D eigenvalue weighted by Crippen LogP contribution is -2.45. The SMILES string of the molecule is CCC(N)CN1C(=O)NC2(CCCC2)C1=O. The van der Waals surface area contributed by atoms with Crippen molar-refractivity contribution in [2.45, 2.75) is 50.6 Å². The Hall–Kier alpha value is -1.10. The number of amides is 3. The Morgan fingerprint density at radius 2 is 2.06 bits per heavy atom. The summed E-state index contributed by atoms with van der Waals surface area (Å²) in [7, 11) is 0. The van der Waals surface area contributed by atoms with Crippen LogP contribution in [0.1, 0.15) is 39.0 Å². The summed E-state index contributed by atoms with van der Waals surface area (Å²) in [6, 6.07) is -0.387. The highest BCUT2D eigenvalue weighted by atomic mass is 16.2. The maximum atomic E-state index is 12.2. The Bertz CT molecular complexity index is 310. The van der Waals surface area contributed by atoms with E-state index >= 15 is 0 Å². The standard InChI is InChI=1S/C11H19N3O2/c1-2-8(12)7-14-9(15)11(13-10(14)16)5-3-4-6-11/h8H,2-7,12H2,1H3,(H,13,16). The maximum absolute atomic E-state index is 12.2. The molecule has 0 aromatic rings. The number of nitrogens with one attached hydrogen (secondary N) is 1. The Morgan fingerprint density at radius 1 is 1.44 bits per heavy atom. The summed E-state index contributed by atoms with van der Waals surface area (Å²) in [5.41, 5.74) is 5.20. The molecule has 5 nitrogen and oxygen atoms in total. The lowest BCUT2D eigenvalue weighted by Gasteiger charge is -2.21. The van der Waals surface area contributed by atoms with Crippen LogP contribution in [0.5, 0.6) is 0 Å². The zero-order valence-corrected chi connectivity index (χ0v) is 9.66. The van der Waals surface area contributed by atoms with Crippen molar-refractivity contribution in [1.82, 2.24) is 10.2 Å². The fourth-order valence-electron chi connectivity index (χ4n) is 2.52. The molecule has 2 rings (SSSR count). The summed E-state index contributed by atoms with van der Waals surface area (Å²) in [5, 5.41) is 2.84. The highest BCUT2D eigenvalue weighted by Crippen LogP contribution is 2.34. The van der Waals surface area contributed by atoms with E-state index in [4.69, 9.17) is 5.73 Å². The topological polar surface area (TPSA) is 75.4 Å². The lowest BCUT2D eigenvalue weighted by molar-refractivity contribution is -0.131. The van der Waals surface area contributed by atoms with Crippen LogP contribution in [-0.2, 0) is 4.79 Å². The van der Waals surface area contributed by atoms with Crippen LogP contribution >= 0.6 is 0 Å². The number of imide groups is 1. The molecule has 1 spiro atoms. The van der Waals surface area contributed by atoms with Gasteiger partial charge >= 0.3 is 6.03 Å². The minimum atomic E-state index is -0.593. The summed E-state index contributed by atoms with van der Waals surface area (Å²) in [6.07, 6.45) is 4.34. The first-order valence-corrected chi connectivity index (χ1v) is 5.99. The first-order chi connectivity index (χ1) is 7.59. The summed E-state index contributed by atoms with van der Waals surface area (Å²) in [5.74, 6) is -0.0705. The van der Waals surface area contributed by atoms with Gasteiger partial charge in [0.05, 0.1) is 0 Å². The highest BCUT2D eigenvalue weighted by Gasteiger charge is 2.52. The average Bonchev–Trinajstić information content (AvgIpc) is 2.81. The molecule has 5 heteroatoms. The molecule has 0 bridgehead atoms. The molecule has 16 heavy (non-hydrogen) atoms. The Labute approximate surface area is 95.3 Å². The molecule has 1 saturated carbocycles. The van der Waals surface area contributed by atoms with Gasteiger partial charge in [0.2, 0.25) is 0 Å². The van der Waals surface area contributed by atoms with Crippen molar-refractivity contribution in [1.29, 1.82) is 0 Å². The van der Waals surface area contributed by atoms with Crippen LogP contribution in [0.2, 0.25) is 0 Å².